The molecule has 0 bridgehead atoms. The smallest absolute Gasteiger partial charge is 0.409 e. The highest BCUT2D eigenvalue weighted by molar-refractivity contribution is 5.67. The Kier molecular flexibility index (Phi) is 3.19. The van der Waals surface area contributed by atoms with Crippen molar-refractivity contribution in [2.45, 2.75) is 12.7 Å². The SMILES string of the molecule is O=C(NCCc1ccccc1)O[C@H]1CO1. The molecule has 4 nitrogen and oxygen atoms in total. The summed E-state index contributed by atoms with van der Waals surface area (Å²) in [6.45, 7) is 1.10. The number of hydrogen-bond acceptors (Lipinski definition) is 3. The molecule has 15 heavy (non-hydrogen) atoms. The van der Waals surface area contributed by atoms with Crippen LogP contribution in [0.5, 0.6) is 0 Å². The lowest BCUT2D eigenvalue weighted by atomic mass is 10.1. The molecule has 1 aliphatic rings. The van der Waals surface area contributed by atoms with E-state index in [0.717, 1.165) is 6.42 Å². The maximum atomic E-state index is 11.1. The maximum absolute atomic E-state index is 11.1. The molecule has 0 saturated carbocycles. The molecule has 80 valence electrons. The van der Waals surface area contributed by atoms with Gasteiger partial charge in [0.15, 0.2) is 0 Å². The van der Waals surface area contributed by atoms with Crippen LogP contribution in [0.25, 0.3) is 0 Å². The number of rotatable bonds is 4. The van der Waals surface area contributed by atoms with Gasteiger partial charge in [0, 0.05) is 6.54 Å². The number of hydrogen-bond donors (Lipinski definition) is 1. The molecule has 0 radical (unpaired) electrons. The first-order valence-electron chi connectivity index (χ1n) is 4.94. The summed E-state index contributed by atoms with van der Waals surface area (Å²) >= 11 is 0. The first-order valence-corrected chi connectivity index (χ1v) is 4.94. The van der Waals surface area contributed by atoms with Crippen LogP contribution >= 0.6 is 0 Å². The molecule has 4 heteroatoms. The third-order valence-corrected chi connectivity index (χ3v) is 2.07. The van der Waals surface area contributed by atoms with E-state index in [9.17, 15) is 4.79 Å². The lowest BCUT2D eigenvalue weighted by Gasteiger charge is -2.04. The minimum Gasteiger partial charge on any atom is -0.417 e. The summed E-state index contributed by atoms with van der Waals surface area (Å²) in [7, 11) is 0. The van der Waals surface area contributed by atoms with Gasteiger partial charge in [-0.05, 0) is 12.0 Å². The van der Waals surface area contributed by atoms with Crippen molar-refractivity contribution in [1.82, 2.24) is 5.32 Å². The van der Waals surface area contributed by atoms with Crippen molar-refractivity contribution < 1.29 is 14.3 Å². The molecule has 0 aromatic heterocycles. The fourth-order valence-electron chi connectivity index (χ4n) is 1.22. The quantitative estimate of drug-likeness (QED) is 0.757. The van der Waals surface area contributed by atoms with Gasteiger partial charge in [0.05, 0.1) is 0 Å². The molecule has 1 saturated heterocycles. The number of carbonyl (C=O) groups excluding carboxylic acids is 1. The van der Waals surface area contributed by atoms with Crippen LogP contribution in [-0.4, -0.2) is 25.5 Å². The number of benzene rings is 1. The van der Waals surface area contributed by atoms with E-state index in [0.29, 0.717) is 13.2 Å². The average molecular weight is 207 g/mol. The van der Waals surface area contributed by atoms with E-state index >= 15 is 0 Å². The lowest BCUT2D eigenvalue weighted by molar-refractivity contribution is 0.0926. The molecule has 0 aliphatic carbocycles. The van der Waals surface area contributed by atoms with Gasteiger partial charge in [-0.15, -0.1) is 0 Å². The Labute approximate surface area is 88.2 Å². The molecule has 1 heterocycles. The zero-order chi connectivity index (χ0) is 10.5. The number of epoxide rings is 1. The van der Waals surface area contributed by atoms with Crippen LogP contribution in [0.2, 0.25) is 0 Å². The van der Waals surface area contributed by atoms with E-state index in [1.165, 1.54) is 5.56 Å². The van der Waals surface area contributed by atoms with Gasteiger partial charge in [-0.2, -0.15) is 0 Å². The molecule has 2 rings (SSSR count). The third kappa shape index (κ3) is 3.59. The highest BCUT2D eigenvalue weighted by Crippen LogP contribution is 2.09. The Morgan fingerprint density at radius 3 is 2.87 bits per heavy atom. The maximum Gasteiger partial charge on any atom is 0.409 e. The topological polar surface area (TPSA) is 50.9 Å². The first-order chi connectivity index (χ1) is 7.34. The van der Waals surface area contributed by atoms with Crippen LogP contribution in [0.4, 0.5) is 4.79 Å². The molecular formula is C11H13NO3. The van der Waals surface area contributed by atoms with Crippen LogP contribution < -0.4 is 5.32 Å². The first kappa shape index (κ1) is 9.98. The van der Waals surface area contributed by atoms with Crippen molar-refractivity contribution in [2.75, 3.05) is 13.2 Å². The van der Waals surface area contributed by atoms with Crippen LogP contribution in [-0.2, 0) is 15.9 Å². The highest BCUT2D eigenvalue weighted by Gasteiger charge is 2.26. The van der Waals surface area contributed by atoms with Crippen molar-refractivity contribution in [3.05, 3.63) is 35.9 Å². The van der Waals surface area contributed by atoms with Gasteiger partial charge >= 0.3 is 6.09 Å². The number of ether oxygens (including phenoxy) is 2. The minimum absolute atomic E-state index is 0.318. The summed E-state index contributed by atoms with van der Waals surface area (Å²) in [5, 5.41) is 2.66. The van der Waals surface area contributed by atoms with Crippen LogP contribution in [0.15, 0.2) is 30.3 Å². The van der Waals surface area contributed by atoms with E-state index in [1.807, 2.05) is 30.3 Å². The summed E-state index contributed by atoms with van der Waals surface area (Å²) in [5.41, 5.74) is 1.19. The Bertz CT molecular complexity index is 322. The van der Waals surface area contributed by atoms with E-state index in [2.05, 4.69) is 5.32 Å². The molecule has 0 unspecified atom stereocenters. The molecule has 1 amide bonds. The highest BCUT2D eigenvalue weighted by atomic mass is 16.8. The molecule has 1 aromatic carbocycles. The second kappa shape index (κ2) is 4.79. The average Bonchev–Trinajstić information content (AvgIpc) is 3.03. The van der Waals surface area contributed by atoms with Gasteiger partial charge in [-0.1, -0.05) is 30.3 Å². The largest absolute Gasteiger partial charge is 0.417 e. The number of nitrogens with one attached hydrogen (secondary N) is 1. The molecule has 1 fully saturated rings. The Morgan fingerprint density at radius 2 is 2.20 bits per heavy atom. The van der Waals surface area contributed by atoms with E-state index in [-0.39, 0.29) is 6.29 Å². The summed E-state index contributed by atoms with van der Waals surface area (Å²) in [6.07, 6.45) is 0.0803. The molecule has 1 aliphatic heterocycles. The van der Waals surface area contributed by atoms with E-state index in [1.54, 1.807) is 0 Å². The Morgan fingerprint density at radius 1 is 1.47 bits per heavy atom. The molecular weight excluding hydrogens is 194 g/mol. The summed E-state index contributed by atoms with van der Waals surface area (Å²) in [6, 6.07) is 9.97. The fourth-order valence-corrected chi connectivity index (χ4v) is 1.22. The summed E-state index contributed by atoms with van der Waals surface area (Å²) < 4.78 is 9.59. The third-order valence-electron chi connectivity index (χ3n) is 2.07. The standard InChI is InChI=1S/C11H13NO3/c13-11(15-10-8-14-10)12-7-6-9-4-2-1-3-5-9/h1-5,10H,6-8H2,(H,12,13)/t10-/m0/s1. The van der Waals surface area contributed by atoms with Gasteiger partial charge < -0.3 is 14.8 Å². The van der Waals surface area contributed by atoms with E-state index in [4.69, 9.17) is 9.47 Å². The molecule has 1 N–H and O–H groups in total. The zero-order valence-electron chi connectivity index (χ0n) is 8.31. The van der Waals surface area contributed by atoms with Crippen molar-refractivity contribution in [2.24, 2.45) is 0 Å². The molecule has 1 atom stereocenters. The van der Waals surface area contributed by atoms with Crippen molar-refractivity contribution >= 4 is 6.09 Å². The fraction of sp³-hybridized carbons (Fsp3) is 0.364. The Hall–Kier alpha value is -1.55. The summed E-state index contributed by atoms with van der Waals surface area (Å²) in [5.74, 6) is 0. The zero-order valence-corrected chi connectivity index (χ0v) is 8.31. The number of amides is 1. The predicted molar refractivity (Wildman–Crippen MR) is 54.4 cm³/mol. The van der Waals surface area contributed by atoms with Crippen LogP contribution in [0, 0.1) is 0 Å². The number of alkyl carbamates (subject to hydrolysis) is 1. The van der Waals surface area contributed by atoms with Crippen molar-refractivity contribution in [3.8, 4) is 0 Å². The van der Waals surface area contributed by atoms with Gasteiger partial charge in [-0.25, -0.2) is 4.79 Å². The molecule has 0 spiro atoms. The molecule has 1 aromatic rings. The normalized spacial score (nSPS) is 18.3. The van der Waals surface area contributed by atoms with Crippen LogP contribution in [0.3, 0.4) is 0 Å². The van der Waals surface area contributed by atoms with Gasteiger partial charge in [-0.3, -0.25) is 0 Å². The van der Waals surface area contributed by atoms with Gasteiger partial charge in [0.1, 0.15) is 6.61 Å². The predicted octanol–water partition coefficient (Wildman–Crippen LogP) is 1.31. The van der Waals surface area contributed by atoms with Crippen molar-refractivity contribution in [1.29, 1.82) is 0 Å². The van der Waals surface area contributed by atoms with Crippen LogP contribution in [0.1, 0.15) is 5.56 Å². The number of carbonyl (C=O) groups is 1. The second-order valence-electron chi connectivity index (χ2n) is 3.33. The second-order valence-corrected chi connectivity index (χ2v) is 3.33. The van der Waals surface area contributed by atoms with Crippen molar-refractivity contribution in [3.63, 3.8) is 0 Å². The van der Waals surface area contributed by atoms with E-state index < -0.39 is 6.09 Å². The van der Waals surface area contributed by atoms with Gasteiger partial charge in [0.25, 0.3) is 0 Å². The minimum atomic E-state index is -0.409. The Balaban J connectivity index is 1.63. The van der Waals surface area contributed by atoms with Gasteiger partial charge in [0.2, 0.25) is 6.29 Å². The lowest BCUT2D eigenvalue weighted by Crippen LogP contribution is -2.27. The monoisotopic (exact) mass is 207 g/mol. The summed E-state index contributed by atoms with van der Waals surface area (Å²) in [4.78, 5) is 11.1.